The Kier molecular flexibility index (Phi) is 11.5. The number of ether oxygens (including phenoxy) is 4. The molecule has 0 bridgehead atoms. The Morgan fingerprint density at radius 2 is 0.533 bits per heavy atom. The maximum absolute atomic E-state index is 15.9. The quantitative estimate of drug-likeness (QED) is 0.153. The van der Waals surface area contributed by atoms with Gasteiger partial charge in [-0.15, -0.1) is 0 Å². The molecular formula is C78H50N6O8. The van der Waals surface area contributed by atoms with Gasteiger partial charge in [-0.2, -0.15) is 0 Å². The molecule has 14 heteroatoms. The lowest BCUT2D eigenvalue weighted by atomic mass is 9.99. The van der Waals surface area contributed by atoms with E-state index in [-0.39, 0.29) is 11.1 Å². The smallest absolute Gasteiger partial charge is 0.268 e. The van der Waals surface area contributed by atoms with Gasteiger partial charge >= 0.3 is 0 Å². The standard InChI is InChI=1S/C78H50N6O8/c1-45-43-47(35-37-49(45)83-75(85)71-59(79-51-19-3-11-27-63(51)89-64-28-12-4-20-52(64)79)39-40-60(72(71)76(83)86)80-53-21-5-13-29-65(53)90-66-30-14-6-22-54(66)80)48-36-38-50(46(2)44-48)84-77(87)73-61(81-55-23-7-15-31-67(55)91-68-32-16-8-24-56(68)81)41-42-62(74(73)78(84)88)82-57-25-9-17-33-69(57)92-70-34-18-10-26-58(70)82/h3-44,75,85H,1-2H3. The molecule has 12 aromatic rings. The molecule has 0 aliphatic carbocycles. The third kappa shape index (κ3) is 7.68. The second-order valence-electron chi connectivity index (χ2n) is 23.2. The van der Waals surface area contributed by atoms with E-state index in [1.54, 1.807) is 0 Å². The van der Waals surface area contributed by atoms with Crippen LogP contribution < -0.4 is 48.3 Å². The van der Waals surface area contributed by atoms with Crippen LogP contribution in [0.3, 0.4) is 0 Å². The van der Waals surface area contributed by atoms with E-state index >= 15 is 14.4 Å². The Hall–Kier alpha value is -12.4. The molecule has 1 N–H and O–H groups in total. The topological polar surface area (TPSA) is 128 Å². The minimum atomic E-state index is -1.45. The fourth-order valence-electron chi connectivity index (χ4n) is 14.0. The van der Waals surface area contributed by atoms with Gasteiger partial charge in [0.2, 0.25) is 0 Å². The largest absolute Gasteiger partial charge is 0.453 e. The fourth-order valence-corrected chi connectivity index (χ4v) is 14.0. The van der Waals surface area contributed by atoms with Crippen LogP contribution in [0.4, 0.5) is 79.6 Å². The van der Waals surface area contributed by atoms with Crippen LogP contribution in [0, 0.1) is 13.8 Å². The minimum Gasteiger partial charge on any atom is -0.453 e. The molecule has 6 aliphatic heterocycles. The van der Waals surface area contributed by atoms with Crippen LogP contribution in [-0.2, 0) is 0 Å². The molecule has 0 fully saturated rings. The number of aryl methyl sites for hydroxylation is 2. The van der Waals surface area contributed by atoms with E-state index in [1.807, 2.05) is 283 Å². The van der Waals surface area contributed by atoms with Crippen molar-refractivity contribution in [2.45, 2.75) is 20.1 Å². The molecule has 12 aromatic carbocycles. The number of fused-ring (bicyclic) bond motifs is 10. The monoisotopic (exact) mass is 1200 g/mol. The molecule has 0 radical (unpaired) electrons. The first-order valence-electron chi connectivity index (χ1n) is 30.3. The number of hydrogen-bond acceptors (Lipinski definition) is 12. The molecular weight excluding hydrogens is 1150 g/mol. The summed E-state index contributed by atoms with van der Waals surface area (Å²) in [5.41, 5.74) is 13.1. The summed E-state index contributed by atoms with van der Waals surface area (Å²) in [5.74, 6) is 3.52. The average Bonchev–Trinajstić information content (AvgIpc) is 1.48. The van der Waals surface area contributed by atoms with Crippen LogP contribution in [0.5, 0.6) is 46.0 Å². The molecule has 6 heterocycles. The van der Waals surface area contributed by atoms with E-state index in [2.05, 4.69) is 4.90 Å². The predicted molar refractivity (Wildman–Crippen MR) is 356 cm³/mol. The van der Waals surface area contributed by atoms with Crippen molar-refractivity contribution in [1.82, 2.24) is 0 Å². The van der Waals surface area contributed by atoms with Crippen LogP contribution in [0.15, 0.2) is 255 Å². The Balaban J connectivity index is 0.737. The van der Waals surface area contributed by atoms with E-state index in [4.69, 9.17) is 18.9 Å². The Morgan fingerprint density at radius 3 is 0.848 bits per heavy atom. The lowest BCUT2D eigenvalue weighted by Gasteiger charge is -2.36. The van der Waals surface area contributed by atoms with Crippen molar-refractivity contribution in [1.29, 1.82) is 0 Å². The highest BCUT2D eigenvalue weighted by molar-refractivity contribution is 6.38. The van der Waals surface area contributed by atoms with Gasteiger partial charge in [-0.3, -0.25) is 19.3 Å². The number of benzene rings is 12. The summed E-state index contributed by atoms with van der Waals surface area (Å²) in [7, 11) is 0. The van der Waals surface area contributed by atoms with E-state index < -0.39 is 23.9 Å². The summed E-state index contributed by atoms with van der Waals surface area (Å²) in [6.07, 6.45) is -1.45. The number of carbonyl (C=O) groups excluding carboxylic acids is 3. The molecule has 1 atom stereocenters. The molecule has 0 saturated carbocycles. The van der Waals surface area contributed by atoms with Crippen molar-refractivity contribution in [2.75, 3.05) is 29.4 Å². The van der Waals surface area contributed by atoms with Crippen LogP contribution in [0.25, 0.3) is 11.1 Å². The summed E-state index contributed by atoms with van der Waals surface area (Å²) in [6, 6.07) is 80.9. The van der Waals surface area contributed by atoms with Gasteiger partial charge in [0, 0.05) is 11.3 Å². The SMILES string of the molecule is Cc1cc(-c2ccc(N3C(=O)c4c(N5c6ccccc6Oc6ccccc65)ccc(N5c6ccccc6Oc6ccccc65)c4C3O)c(C)c2)ccc1N1C(=O)c2c(N3c4ccccc4Oc4ccccc43)ccc(N3c4ccccc4Oc4ccccc43)c2C1=O. The summed E-state index contributed by atoms with van der Waals surface area (Å²) >= 11 is 0. The van der Waals surface area contributed by atoms with Gasteiger partial charge < -0.3 is 43.7 Å². The molecule has 0 saturated heterocycles. The number of rotatable bonds is 7. The number of carbonyl (C=O) groups is 3. The number of para-hydroxylation sites is 16. The van der Waals surface area contributed by atoms with E-state index in [0.29, 0.717) is 120 Å². The maximum atomic E-state index is 15.9. The molecule has 14 nitrogen and oxygen atoms in total. The number of imide groups is 1. The van der Waals surface area contributed by atoms with Gasteiger partial charge in [-0.1, -0.05) is 109 Å². The highest BCUT2D eigenvalue weighted by atomic mass is 16.5. The van der Waals surface area contributed by atoms with Gasteiger partial charge in [0.25, 0.3) is 17.7 Å². The Bertz CT molecular complexity index is 4900. The van der Waals surface area contributed by atoms with Gasteiger partial charge in [0.1, 0.15) is 0 Å². The maximum Gasteiger partial charge on any atom is 0.268 e. The van der Waals surface area contributed by atoms with Gasteiger partial charge in [-0.05, 0) is 182 Å². The summed E-state index contributed by atoms with van der Waals surface area (Å²) < 4.78 is 25.8. The number of hydrogen-bond donors (Lipinski definition) is 1. The molecule has 18 rings (SSSR count). The third-order valence-electron chi connectivity index (χ3n) is 18.1. The van der Waals surface area contributed by atoms with E-state index in [0.717, 1.165) is 39.4 Å². The average molecular weight is 1200 g/mol. The molecule has 6 aliphatic rings. The fraction of sp³-hybridized carbons (Fsp3) is 0.0385. The first kappa shape index (κ1) is 52.7. The van der Waals surface area contributed by atoms with Crippen LogP contribution in [0.1, 0.15) is 54.0 Å². The Morgan fingerprint density at radius 1 is 0.272 bits per heavy atom. The second-order valence-corrected chi connectivity index (χ2v) is 23.2. The summed E-state index contributed by atoms with van der Waals surface area (Å²) in [5, 5.41) is 13.2. The highest BCUT2D eigenvalue weighted by Gasteiger charge is 2.48. The highest BCUT2D eigenvalue weighted by Crippen LogP contribution is 2.60. The van der Waals surface area contributed by atoms with Gasteiger partial charge in [0.05, 0.1) is 90.6 Å². The number of aliphatic hydroxyl groups excluding tert-OH is 1. The predicted octanol–water partition coefficient (Wildman–Crippen LogP) is 19.7. The van der Waals surface area contributed by atoms with Gasteiger partial charge in [0.15, 0.2) is 52.2 Å². The van der Waals surface area contributed by atoms with Crippen LogP contribution in [0.2, 0.25) is 0 Å². The van der Waals surface area contributed by atoms with Crippen molar-refractivity contribution in [2.24, 2.45) is 0 Å². The van der Waals surface area contributed by atoms with Crippen LogP contribution in [-0.4, -0.2) is 22.8 Å². The molecule has 3 amide bonds. The molecule has 0 aromatic heterocycles. The first-order chi connectivity index (χ1) is 45.2. The van der Waals surface area contributed by atoms with Crippen molar-refractivity contribution >= 4 is 97.3 Å². The Labute approximate surface area is 528 Å². The molecule has 0 spiro atoms. The number of nitrogens with zero attached hydrogens (tertiary/aromatic N) is 6. The van der Waals surface area contributed by atoms with Crippen molar-refractivity contribution in [3.63, 3.8) is 0 Å². The minimum absolute atomic E-state index is 0.231. The van der Waals surface area contributed by atoms with E-state index in [1.165, 1.54) is 9.80 Å². The number of aliphatic hydroxyl groups is 1. The zero-order valence-electron chi connectivity index (χ0n) is 49.3. The summed E-state index contributed by atoms with van der Waals surface area (Å²) in [6.45, 7) is 3.83. The zero-order valence-corrected chi connectivity index (χ0v) is 49.3. The van der Waals surface area contributed by atoms with Crippen molar-refractivity contribution in [3.8, 4) is 57.1 Å². The molecule has 92 heavy (non-hydrogen) atoms. The second kappa shape index (κ2) is 20.1. The first-order valence-corrected chi connectivity index (χ1v) is 30.3. The third-order valence-corrected chi connectivity index (χ3v) is 18.1. The number of anilines is 14. The molecule has 1 unspecified atom stereocenters. The van der Waals surface area contributed by atoms with Gasteiger partial charge in [-0.25, -0.2) is 4.90 Å². The number of amides is 3. The van der Waals surface area contributed by atoms with Crippen molar-refractivity contribution < 1.29 is 38.4 Å². The summed E-state index contributed by atoms with van der Waals surface area (Å²) in [4.78, 5) is 58.5. The molecule has 440 valence electrons. The normalized spacial score (nSPS) is 15.1. The zero-order chi connectivity index (χ0) is 61.6. The lowest BCUT2D eigenvalue weighted by molar-refractivity contribution is 0.0917. The van der Waals surface area contributed by atoms with Crippen molar-refractivity contribution in [3.05, 3.63) is 288 Å². The lowest BCUT2D eigenvalue weighted by Crippen LogP contribution is -2.30. The van der Waals surface area contributed by atoms with Crippen LogP contribution >= 0.6 is 0 Å². The van der Waals surface area contributed by atoms with E-state index in [9.17, 15) is 5.11 Å².